The van der Waals surface area contributed by atoms with E-state index < -0.39 is 0 Å². The average molecular weight is 229 g/mol. The van der Waals surface area contributed by atoms with Crippen LogP contribution in [0.2, 0.25) is 5.02 Å². The predicted octanol–water partition coefficient (Wildman–Crippen LogP) is 4.42. The van der Waals surface area contributed by atoms with Gasteiger partial charge in [0.2, 0.25) is 0 Å². The van der Waals surface area contributed by atoms with Gasteiger partial charge in [-0.05, 0) is 35.6 Å². The van der Waals surface area contributed by atoms with Crippen LogP contribution in [0.25, 0.3) is 0 Å². The van der Waals surface area contributed by atoms with Crippen molar-refractivity contribution in [3.8, 4) is 0 Å². The third-order valence-electron chi connectivity index (χ3n) is 3.41. The number of halogens is 1. The van der Waals surface area contributed by atoms with Crippen molar-refractivity contribution in [1.29, 1.82) is 0 Å². The Morgan fingerprint density at radius 1 is 0.875 bits per heavy atom. The lowest BCUT2D eigenvalue weighted by Crippen LogP contribution is -1.96. The van der Waals surface area contributed by atoms with E-state index in [0.29, 0.717) is 5.92 Å². The van der Waals surface area contributed by atoms with Gasteiger partial charge in [-0.25, -0.2) is 0 Å². The fraction of sp³-hybridized carbons (Fsp3) is 0.200. The van der Waals surface area contributed by atoms with Crippen molar-refractivity contribution >= 4 is 11.6 Å². The molecule has 0 spiro atoms. The van der Waals surface area contributed by atoms with Gasteiger partial charge >= 0.3 is 0 Å². The third-order valence-corrected chi connectivity index (χ3v) is 3.76. The van der Waals surface area contributed by atoms with Crippen LogP contribution in [-0.2, 0) is 6.42 Å². The largest absolute Gasteiger partial charge is 0.0840 e. The summed E-state index contributed by atoms with van der Waals surface area (Å²) in [6.07, 6.45) is 2.36. The van der Waals surface area contributed by atoms with E-state index in [0.717, 1.165) is 5.02 Å². The van der Waals surface area contributed by atoms with Crippen LogP contribution in [0.5, 0.6) is 0 Å². The van der Waals surface area contributed by atoms with Gasteiger partial charge in [-0.3, -0.25) is 0 Å². The highest BCUT2D eigenvalue weighted by atomic mass is 35.5. The standard InChI is InChI=1S/C15H13Cl/c16-15-8-4-3-7-14(15)13-10-9-11-5-1-2-6-12(11)13/h1-8,13H,9-10H2. The SMILES string of the molecule is Clc1ccccc1C1CCc2ccccc21. The van der Waals surface area contributed by atoms with E-state index >= 15 is 0 Å². The van der Waals surface area contributed by atoms with E-state index in [2.05, 4.69) is 36.4 Å². The molecule has 1 aliphatic carbocycles. The molecule has 0 heterocycles. The minimum atomic E-state index is 0.491. The molecule has 1 atom stereocenters. The van der Waals surface area contributed by atoms with E-state index in [1.165, 1.54) is 29.5 Å². The van der Waals surface area contributed by atoms with Crippen molar-refractivity contribution in [2.45, 2.75) is 18.8 Å². The quantitative estimate of drug-likeness (QED) is 0.678. The maximum absolute atomic E-state index is 6.27. The monoisotopic (exact) mass is 228 g/mol. The fourth-order valence-corrected chi connectivity index (χ4v) is 2.91. The molecule has 0 amide bonds. The normalized spacial score (nSPS) is 18.4. The van der Waals surface area contributed by atoms with Crippen molar-refractivity contribution < 1.29 is 0 Å². The van der Waals surface area contributed by atoms with E-state index in [1.807, 2.05) is 12.1 Å². The molecule has 2 aromatic rings. The molecular formula is C15H13Cl. The first-order chi connectivity index (χ1) is 7.86. The summed E-state index contributed by atoms with van der Waals surface area (Å²) >= 11 is 6.27. The molecule has 0 bridgehead atoms. The molecule has 16 heavy (non-hydrogen) atoms. The van der Waals surface area contributed by atoms with Crippen LogP contribution in [0.3, 0.4) is 0 Å². The summed E-state index contributed by atoms with van der Waals surface area (Å²) in [4.78, 5) is 0. The first-order valence-electron chi connectivity index (χ1n) is 5.68. The Balaban J connectivity index is 2.08. The predicted molar refractivity (Wildman–Crippen MR) is 68.1 cm³/mol. The summed E-state index contributed by atoms with van der Waals surface area (Å²) in [5, 5.41) is 0.893. The van der Waals surface area contributed by atoms with E-state index in [-0.39, 0.29) is 0 Å². The zero-order chi connectivity index (χ0) is 11.0. The molecule has 0 fully saturated rings. The summed E-state index contributed by atoms with van der Waals surface area (Å²) < 4.78 is 0. The number of rotatable bonds is 1. The second-order valence-corrected chi connectivity index (χ2v) is 4.72. The van der Waals surface area contributed by atoms with Crippen LogP contribution < -0.4 is 0 Å². The minimum Gasteiger partial charge on any atom is -0.0840 e. The Bertz CT molecular complexity index is 516. The molecule has 1 heteroatoms. The van der Waals surface area contributed by atoms with Gasteiger partial charge in [0.1, 0.15) is 0 Å². The molecule has 0 N–H and O–H groups in total. The highest BCUT2D eigenvalue weighted by Gasteiger charge is 2.24. The Hall–Kier alpha value is -1.27. The maximum Gasteiger partial charge on any atom is 0.0444 e. The van der Waals surface area contributed by atoms with Crippen molar-refractivity contribution in [2.75, 3.05) is 0 Å². The maximum atomic E-state index is 6.27. The van der Waals surface area contributed by atoms with Crippen LogP contribution in [0.15, 0.2) is 48.5 Å². The smallest absolute Gasteiger partial charge is 0.0444 e. The molecule has 3 rings (SSSR count). The highest BCUT2D eigenvalue weighted by molar-refractivity contribution is 6.31. The Morgan fingerprint density at radius 2 is 1.56 bits per heavy atom. The number of aryl methyl sites for hydroxylation is 1. The van der Waals surface area contributed by atoms with Gasteiger partial charge in [0.05, 0.1) is 0 Å². The molecule has 0 aromatic heterocycles. The second-order valence-electron chi connectivity index (χ2n) is 4.31. The lowest BCUT2D eigenvalue weighted by Gasteiger charge is -2.13. The number of hydrogen-bond donors (Lipinski definition) is 0. The molecule has 1 aliphatic rings. The van der Waals surface area contributed by atoms with E-state index in [9.17, 15) is 0 Å². The molecule has 0 radical (unpaired) electrons. The topological polar surface area (TPSA) is 0 Å². The third kappa shape index (κ3) is 1.54. The van der Waals surface area contributed by atoms with Crippen molar-refractivity contribution in [3.05, 3.63) is 70.2 Å². The Morgan fingerprint density at radius 3 is 2.38 bits per heavy atom. The fourth-order valence-electron chi connectivity index (χ4n) is 2.64. The molecular weight excluding hydrogens is 216 g/mol. The molecule has 0 nitrogen and oxygen atoms in total. The highest BCUT2D eigenvalue weighted by Crippen LogP contribution is 2.40. The Labute approximate surface area is 101 Å². The van der Waals surface area contributed by atoms with Crippen LogP contribution in [-0.4, -0.2) is 0 Å². The van der Waals surface area contributed by atoms with E-state index in [1.54, 1.807) is 0 Å². The van der Waals surface area contributed by atoms with Gasteiger partial charge in [0.25, 0.3) is 0 Å². The van der Waals surface area contributed by atoms with Gasteiger partial charge < -0.3 is 0 Å². The number of fused-ring (bicyclic) bond motifs is 1. The molecule has 0 saturated carbocycles. The summed E-state index contributed by atoms with van der Waals surface area (Å²) in [7, 11) is 0. The Kier molecular flexibility index (Phi) is 2.45. The number of benzene rings is 2. The van der Waals surface area contributed by atoms with Crippen molar-refractivity contribution in [1.82, 2.24) is 0 Å². The molecule has 0 saturated heterocycles. The van der Waals surface area contributed by atoms with Crippen molar-refractivity contribution in [2.24, 2.45) is 0 Å². The van der Waals surface area contributed by atoms with Crippen LogP contribution >= 0.6 is 11.6 Å². The average Bonchev–Trinajstić information content (AvgIpc) is 2.74. The summed E-state index contributed by atoms with van der Waals surface area (Å²) in [6, 6.07) is 16.9. The van der Waals surface area contributed by atoms with Crippen LogP contribution in [0.1, 0.15) is 29.0 Å². The lowest BCUT2D eigenvalue weighted by atomic mass is 9.93. The molecule has 2 aromatic carbocycles. The van der Waals surface area contributed by atoms with Crippen LogP contribution in [0, 0.1) is 0 Å². The van der Waals surface area contributed by atoms with E-state index in [4.69, 9.17) is 11.6 Å². The lowest BCUT2D eigenvalue weighted by molar-refractivity contribution is 0.788. The summed E-state index contributed by atoms with van der Waals surface area (Å²) in [6.45, 7) is 0. The molecule has 1 unspecified atom stereocenters. The van der Waals surface area contributed by atoms with Crippen LogP contribution in [0.4, 0.5) is 0 Å². The van der Waals surface area contributed by atoms with Gasteiger partial charge in [0, 0.05) is 10.9 Å². The minimum absolute atomic E-state index is 0.491. The summed E-state index contributed by atoms with van der Waals surface area (Å²) in [5.74, 6) is 0.491. The first kappa shape index (κ1) is 9.92. The van der Waals surface area contributed by atoms with Gasteiger partial charge in [-0.1, -0.05) is 54.1 Å². The zero-order valence-corrected chi connectivity index (χ0v) is 9.74. The van der Waals surface area contributed by atoms with Gasteiger partial charge in [-0.15, -0.1) is 0 Å². The zero-order valence-electron chi connectivity index (χ0n) is 8.99. The van der Waals surface area contributed by atoms with Crippen molar-refractivity contribution in [3.63, 3.8) is 0 Å². The number of hydrogen-bond acceptors (Lipinski definition) is 0. The summed E-state index contributed by atoms with van der Waals surface area (Å²) in [5.41, 5.74) is 4.21. The first-order valence-corrected chi connectivity index (χ1v) is 6.06. The van der Waals surface area contributed by atoms with Gasteiger partial charge in [-0.2, -0.15) is 0 Å². The molecule has 0 aliphatic heterocycles. The second kappa shape index (κ2) is 3.95. The van der Waals surface area contributed by atoms with Gasteiger partial charge in [0.15, 0.2) is 0 Å². The molecule has 80 valence electrons.